The largest absolute Gasteiger partial charge is 0.458 e. The molecule has 98 valence electrons. The molecule has 2 nitrogen and oxygen atoms in total. The van der Waals surface area contributed by atoms with Crippen molar-refractivity contribution >= 4 is 38.5 Å². The fourth-order valence-electron chi connectivity index (χ4n) is 2.16. The Morgan fingerprint density at radius 2 is 2.17 bits per heavy atom. The predicted octanol–water partition coefficient (Wildman–Crippen LogP) is 5.22. The number of nitrogens with one attached hydrogen (secondary N) is 1. The number of rotatable bonds is 4. The summed E-state index contributed by atoms with van der Waals surface area (Å²) in [6.07, 6.45) is 1.11. The summed E-state index contributed by atoms with van der Waals surface area (Å²) in [5.41, 5.74) is 1.92. The summed E-state index contributed by atoms with van der Waals surface area (Å²) >= 11 is 9.75. The Hall–Kier alpha value is -0.510. The first-order chi connectivity index (χ1) is 8.56. The highest BCUT2D eigenvalue weighted by atomic mass is 79.9. The molecule has 2 rings (SSSR count). The number of benzene rings is 1. The first-order valence-electron chi connectivity index (χ1n) is 6.16. The van der Waals surface area contributed by atoms with Gasteiger partial charge in [0.2, 0.25) is 0 Å². The number of furan rings is 1. The van der Waals surface area contributed by atoms with E-state index in [0.717, 1.165) is 39.7 Å². The van der Waals surface area contributed by atoms with E-state index >= 15 is 0 Å². The van der Waals surface area contributed by atoms with E-state index in [0.29, 0.717) is 5.02 Å². The average Bonchev–Trinajstić information content (AvgIpc) is 2.70. The van der Waals surface area contributed by atoms with Gasteiger partial charge in [-0.05, 0) is 38.9 Å². The second-order valence-corrected chi connectivity index (χ2v) is 5.76. The van der Waals surface area contributed by atoms with Gasteiger partial charge >= 0.3 is 0 Å². The van der Waals surface area contributed by atoms with Crippen molar-refractivity contribution in [3.05, 3.63) is 33.0 Å². The third-order valence-corrected chi connectivity index (χ3v) is 4.07. The number of hydrogen-bond donors (Lipinski definition) is 1. The van der Waals surface area contributed by atoms with Gasteiger partial charge in [0.15, 0.2) is 5.58 Å². The molecule has 0 aliphatic carbocycles. The maximum atomic E-state index is 6.19. The van der Waals surface area contributed by atoms with Crippen LogP contribution in [-0.2, 0) is 0 Å². The number of fused-ring (bicyclic) bond motifs is 1. The molecule has 0 saturated heterocycles. The zero-order valence-corrected chi connectivity index (χ0v) is 13.2. The van der Waals surface area contributed by atoms with Crippen LogP contribution in [0.25, 0.3) is 11.0 Å². The Labute approximate surface area is 121 Å². The van der Waals surface area contributed by atoms with Crippen LogP contribution in [0.4, 0.5) is 0 Å². The molecule has 0 radical (unpaired) electrons. The Balaban J connectivity index is 2.50. The Morgan fingerprint density at radius 1 is 1.44 bits per heavy atom. The molecule has 1 aromatic heterocycles. The molecule has 0 aliphatic heterocycles. The van der Waals surface area contributed by atoms with Crippen LogP contribution in [0.3, 0.4) is 0 Å². The second-order valence-electron chi connectivity index (χ2n) is 4.50. The molecule has 0 fully saturated rings. The standard InChI is InChI=1S/C14H17BrClNO/c1-4-7-17-9(3)13-8(2)12-10(15)5-6-11(16)14(12)18-13/h5-6,9,17H,4,7H2,1-3H3. The molecule has 0 bridgehead atoms. The number of halogens is 2. The van der Waals surface area contributed by atoms with Crippen LogP contribution in [0.1, 0.15) is 37.6 Å². The molecule has 1 aromatic carbocycles. The molecular weight excluding hydrogens is 314 g/mol. The van der Waals surface area contributed by atoms with E-state index in [4.69, 9.17) is 16.0 Å². The Kier molecular flexibility index (Phi) is 4.36. The summed E-state index contributed by atoms with van der Waals surface area (Å²) in [7, 11) is 0. The summed E-state index contributed by atoms with van der Waals surface area (Å²) < 4.78 is 6.97. The maximum absolute atomic E-state index is 6.19. The van der Waals surface area contributed by atoms with Crippen molar-refractivity contribution in [2.75, 3.05) is 6.54 Å². The third kappa shape index (κ3) is 2.44. The van der Waals surface area contributed by atoms with Crippen LogP contribution in [-0.4, -0.2) is 6.54 Å². The lowest BCUT2D eigenvalue weighted by Gasteiger charge is -2.11. The number of aryl methyl sites for hydroxylation is 1. The quantitative estimate of drug-likeness (QED) is 0.831. The van der Waals surface area contributed by atoms with Gasteiger partial charge in [0.25, 0.3) is 0 Å². The zero-order valence-electron chi connectivity index (χ0n) is 10.8. The highest BCUT2D eigenvalue weighted by Gasteiger charge is 2.19. The minimum Gasteiger partial charge on any atom is -0.458 e. The van der Waals surface area contributed by atoms with Gasteiger partial charge in [0.1, 0.15) is 5.76 Å². The molecule has 1 heterocycles. The SMILES string of the molecule is CCCNC(C)c1oc2c(Cl)ccc(Br)c2c1C. The lowest BCUT2D eigenvalue weighted by Crippen LogP contribution is -2.19. The summed E-state index contributed by atoms with van der Waals surface area (Å²) in [6.45, 7) is 7.32. The van der Waals surface area contributed by atoms with Crippen molar-refractivity contribution in [3.8, 4) is 0 Å². The highest BCUT2D eigenvalue weighted by molar-refractivity contribution is 9.10. The fraction of sp³-hybridized carbons (Fsp3) is 0.429. The second kappa shape index (κ2) is 5.64. The lowest BCUT2D eigenvalue weighted by molar-refractivity contribution is 0.449. The van der Waals surface area contributed by atoms with E-state index in [1.54, 1.807) is 0 Å². The summed E-state index contributed by atoms with van der Waals surface area (Å²) in [5, 5.41) is 5.17. The molecule has 4 heteroatoms. The molecule has 1 atom stereocenters. The molecule has 0 spiro atoms. The van der Waals surface area contributed by atoms with Crippen molar-refractivity contribution < 1.29 is 4.42 Å². The van der Waals surface area contributed by atoms with Crippen molar-refractivity contribution in [3.63, 3.8) is 0 Å². The van der Waals surface area contributed by atoms with Crippen LogP contribution in [0.15, 0.2) is 21.0 Å². The molecule has 1 N–H and O–H groups in total. The van der Waals surface area contributed by atoms with E-state index in [1.165, 1.54) is 0 Å². The molecule has 0 saturated carbocycles. The molecule has 18 heavy (non-hydrogen) atoms. The van der Waals surface area contributed by atoms with Crippen LogP contribution in [0.2, 0.25) is 5.02 Å². The molecule has 2 aromatic rings. The molecule has 0 aliphatic rings. The van der Waals surface area contributed by atoms with Crippen LogP contribution in [0, 0.1) is 6.92 Å². The summed E-state index contributed by atoms with van der Waals surface area (Å²) in [4.78, 5) is 0. The minimum atomic E-state index is 0.195. The number of hydrogen-bond acceptors (Lipinski definition) is 2. The van der Waals surface area contributed by atoms with E-state index in [-0.39, 0.29) is 6.04 Å². The van der Waals surface area contributed by atoms with E-state index < -0.39 is 0 Å². The van der Waals surface area contributed by atoms with Gasteiger partial charge in [0.05, 0.1) is 11.1 Å². The van der Waals surface area contributed by atoms with Gasteiger partial charge in [-0.1, -0.05) is 34.5 Å². The van der Waals surface area contributed by atoms with Gasteiger partial charge < -0.3 is 9.73 Å². The van der Waals surface area contributed by atoms with E-state index in [2.05, 4.69) is 42.0 Å². The van der Waals surface area contributed by atoms with Crippen molar-refractivity contribution in [1.82, 2.24) is 5.32 Å². The van der Waals surface area contributed by atoms with Gasteiger partial charge in [0, 0.05) is 15.4 Å². The van der Waals surface area contributed by atoms with Gasteiger partial charge in [-0.2, -0.15) is 0 Å². The van der Waals surface area contributed by atoms with Gasteiger partial charge in [-0.15, -0.1) is 0 Å². The first kappa shape index (κ1) is 13.9. The predicted molar refractivity (Wildman–Crippen MR) is 80.4 cm³/mol. The topological polar surface area (TPSA) is 25.2 Å². The van der Waals surface area contributed by atoms with Gasteiger partial charge in [-0.25, -0.2) is 0 Å². The third-order valence-electron chi connectivity index (χ3n) is 3.11. The monoisotopic (exact) mass is 329 g/mol. The highest BCUT2D eigenvalue weighted by Crippen LogP contribution is 2.37. The average molecular weight is 331 g/mol. The van der Waals surface area contributed by atoms with Gasteiger partial charge in [-0.3, -0.25) is 0 Å². The van der Waals surface area contributed by atoms with Crippen LogP contribution in [0.5, 0.6) is 0 Å². The Morgan fingerprint density at radius 3 is 2.78 bits per heavy atom. The van der Waals surface area contributed by atoms with E-state index in [9.17, 15) is 0 Å². The van der Waals surface area contributed by atoms with Crippen LogP contribution < -0.4 is 5.32 Å². The summed E-state index contributed by atoms with van der Waals surface area (Å²) in [5.74, 6) is 0.965. The Bertz CT molecular complexity index is 564. The maximum Gasteiger partial charge on any atom is 0.154 e. The van der Waals surface area contributed by atoms with E-state index in [1.807, 2.05) is 12.1 Å². The fourth-order valence-corrected chi connectivity index (χ4v) is 2.96. The van der Waals surface area contributed by atoms with Crippen LogP contribution >= 0.6 is 27.5 Å². The smallest absolute Gasteiger partial charge is 0.154 e. The first-order valence-corrected chi connectivity index (χ1v) is 7.33. The van der Waals surface area contributed by atoms with Crippen molar-refractivity contribution in [1.29, 1.82) is 0 Å². The zero-order chi connectivity index (χ0) is 13.3. The minimum absolute atomic E-state index is 0.195. The molecular formula is C14H17BrClNO. The molecule has 1 unspecified atom stereocenters. The normalized spacial score (nSPS) is 13.2. The van der Waals surface area contributed by atoms with Crippen molar-refractivity contribution in [2.45, 2.75) is 33.2 Å². The van der Waals surface area contributed by atoms with Crippen molar-refractivity contribution in [2.24, 2.45) is 0 Å². The molecule has 0 amide bonds. The lowest BCUT2D eigenvalue weighted by atomic mass is 10.1. The summed E-state index contributed by atoms with van der Waals surface area (Å²) in [6, 6.07) is 4.01.